The van der Waals surface area contributed by atoms with Gasteiger partial charge in [0.1, 0.15) is 11.4 Å². The minimum absolute atomic E-state index is 0.00905. The molecule has 2 aromatic rings. The zero-order valence-corrected chi connectivity index (χ0v) is 18.7. The van der Waals surface area contributed by atoms with Crippen molar-refractivity contribution in [1.82, 2.24) is 0 Å². The summed E-state index contributed by atoms with van der Waals surface area (Å²) in [6.07, 6.45) is 4.16. The Labute approximate surface area is 195 Å². The minimum Gasteiger partial charge on any atom is -0.465 e. The van der Waals surface area contributed by atoms with Crippen LogP contribution >= 0.6 is 0 Å². The number of guanidine groups is 2. The largest absolute Gasteiger partial charge is 0.465 e. The third kappa shape index (κ3) is 4.12. The van der Waals surface area contributed by atoms with Crippen LogP contribution in [0.3, 0.4) is 0 Å². The van der Waals surface area contributed by atoms with Crippen molar-refractivity contribution >= 4 is 47.0 Å². The fourth-order valence-corrected chi connectivity index (χ4v) is 4.54. The predicted molar refractivity (Wildman–Crippen MR) is 129 cm³/mol. The lowest BCUT2D eigenvalue weighted by atomic mass is 9.87. The molecule has 0 bridgehead atoms. The number of hydrogen-bond donors (Lipinski definition) is 4. The molecule has 0 atom stereocenters. The summed E-state index contributed by atoms with van der Waals surface area (Å²) < 4.78 is 21.3. The van der Waals surface area contributed by atoms with Gasteiger partial charge in [-0.3, -0.25) is 9.69 Å². The van der Waals surface area contributed by atoms with E-state index in [2.05, 4.69) is 20.6 Å². The molecule has 178 valence electrons. The first kappa shape index (κ1) is 23.0. The number of nitrogens with two attached hydrogens (primary N) is 2. The van der Waals surface area contributed by atoms with E-state index in [4.69, 9.17) is 16.2 Å². The quantitative estimate of drug-likeness (QED) is 0.377. The Morgan fingerprint density at radius 3 is 2.56 bits per heavy atom. The van der Waals surface area contributed by atoms with Gasteiger partial charge in [0.2, 0.25) is 18.3 Å². The summed E-state index contributed by atoms with van der Waals surface area (Å²) >= 11 is 0. The highest BCUT2D eigenvalue weighted by molar-refractivity contribution is 6.10. The number of rotatable bonds is 6. The number of amides is 1. The molecular weight excluding hydrogens is 441 g/mol. The number of benzene rings is 2. The van der Waals surface area contributed by atoms with Gasteiger partial charge in [0.05, 0.1) is 24.0 Å². The number of halogens is 1. The molecule has 1 saturated carbocycles. The highest BCUT2D eigenvalue weighted by Gasteiger charge is 2.45. The molecule has 1 aliphatic heterocycles. The Morgan fingerprint density at radius 2 is 1.91 bits per heavy atom. The first-order chi connectivity index (χ1) is 16.4. The van der Waals surface area contributed by atoms with Crippen molar-refractivity contribution in [2.45, 2.75) is 37.8 Å². The molecule has 6 N–H and O–H groups in total. The van der Waals surface area contributed by atoms with E-state index in [1.54, 1.807) is 24.3 Å². The standard InChI is InChI=1S/C23H26FN7O3/c1-34-20(33)15-12-16(27-13-32)19(17(24)18(15)28-14-8-4-2-5-9-14)31-22(26)29-21(25)30-23(31)10-6-3-7-11-23/h2,4-5,8-9,12-13,28H,3,6-7,10-11H2,1H3,(H,27,32)(H4,25,26,29,30). The lowest BCUT2D eigenvalue weighted by Gasteiger charge is -2.46. The summed E-state index contributed by atoms with van der Waals surface area (Å²) in [5.74, 6) is -1.66. The van der Waals surface area contributed by atoms with Crippen LogP contribution in [0.1, 0.15) is 42.5 Å². The van der Waals surface area contributed by atoms with Crippen molar-refractivity contribution in [3.05, 3.63) is 47.8 Å². The molecule has 0 radical (unpaired) electrons. The average molecular weight is 468 g/mol. The second-order valence-electron chi connectivity index (χ2n) is 8.07. The van der Waals surface area contributed by atoms with Gasteiger partial charge >= 0.3 is 5.97 Å². The van der Waals surface area contributed by atoms with Crippen LogP contribution in [0.15, 0.2) is 46.4 Å². The maximum atomic E-state index is 16.4. The molecule has 4 rings (SSSR count). The van der Waals surface area contributed by atoms with Gasteiger partial charge < -0.3 is 26.8 Å². The number of carbonyl (C=O) groups is 2. The smallest absolute Gasteiger partial charge is 0.340 e. The van der Waals surface area contributed by atoms with Crippen LogP contribution in [0.2, 0.25) is 0 Å². The highest BCUT2D eigenvalue weighted by Crippen LogP contribution is 2.46. The lowest BCUT2D eigenvalue weighted by molar-refractivity contribution is -0.105. The summed E-state index contributed by atoms with van der Waals surface area (Å²) in [6.45, 7) is 0. The van der Waals surface area contributed by atoms with Gasteiger partial charge in [0.15, 0.2) is 5.82 Å². The van der Waals surface area contributed by atoms with E-state index in [0.29, 0.717) is 24.9 Å². The lowest BCUT2D eigenvalue weighted by Crippen LogP contribution is -2.58. The number of ether oxygens (including phenoxy) is 1. The van der Waals surface area contributed by atoms with Crippen molar-refractivity contribution in [1.29, 1.82) is 0 Å². The molecule has 0 saturated heterocycles. The van der Waals surface area contributed by atoms with E-state index in [-0.39, 0.29) is 34.5 Å². The van der Waals surface area contributed by atoms with Gasteiger partial charge in [-0.2, -0.15) is 4.99 Å². The molecular formula is C23H26FN7O3. The van der Waals surface area contributed by atoms with Crippen LogP contribution in [0, 0.1) is 5.82 Å². The van der Waals surface area contributed by atoms with Gasteiger partial charge in [0.25, 0.3) is 0 Å². The van der Waals surface area contributed by atoms with Crippen molar-refractivity contribution in [2.75, 3.05) is 22.6 Å². The molecule has 1 heterocycles. The predicted octanol–water partition coefficient (Wildman–Crippen LogP) is 3.03. The Bertz CT molecular complexity index is 1160. The van der Waals surface area contributed by atoms with E-state index in [0.717, 1.165) is 19.3 Å². The van der Waals surface area contributed by atoms with E-state index >= 15 is 4.39 Å². The van der Waals surface area contributed by atoms with Crippen molar-refractivity contribution in [3.8, 4) is 0 Å². The molecule has 10 nitrogen and oxygen atoms in total. The number of esters is 1. The van der Waals surface area contributed by atoms with Crippen LogP contribution < -0.4 is 27.0 Å². The molecule has 0 aromatic heterocycles. The normalized spacial score (nSPS) is 16.9. The van der Waals surface area contributed by atoms with Crippen molar-refractivity contribution < 1.29 is 18.7 Å². The zero-order chi connectivity index (χ0) is 24.3. The SMILES string of the molecule is COC(=O)c1cc(NC=O)c(N2C(N)=NC(N)=NC23CCCCC3)c(F)c1Nc1ccccc1. The Morgan fingerprint density at radius 1 is 1.21 bits per heavy atom. The first-order valence-electron chi connectivity index (χ1n) is 10.9. The van der Waals surface area contributed by atoms with E-state index < -0.39 is 17.4 Å². The number of carbonyl (C=O) groups excluding carboxylic acids is 2. The number of anilines is 4. The molecule has 0 unspecified atom stereocenters. The molecule has 1 aliphatic carbocycles. The minimum atomic E-state index is -0.967. The van der Waals surface area contributed by atoms with Gasteiger partial charge in [-0.05, 0) is 43.9 Å². The Hall–Kier alpha value is -4.15. The second-order valence-corrected chi connectivity index (χ2v) is 8.07. The first-order valence-corrected chi connectivity index (χ1v) is 10.9. The summed E-state index contributed by atoms with van der Waals surface area (Å²) in [4.78, 5) is 34.1. The van der Waals surface area contributed by atoms with Crippen LogP contribution in [-0.2, 0) is 9.53 Å². The van der Waals surface area contributed by atoms with Crippen LogP contribution in [0.25, 0.3) is 0 Å². The summed E-state index contributed by atoms with van der Waals surface area (Å²) in [5.41, 5.74) is 11.5. The molecule has 34 heavy (non-hydrogen) atoms. The maximum Gasteiger partial charge on any atom is 0.340 e. The zero-order valence-electron chi connectivity index (χ0n) is 18.7. The third-order valence-corrected chi connectivity index (χ3v) is 5.98. The number of para-hydroxylation sites is 1. The Kier molecular flexibility index (Phi) is 6.35. The molecule has 2 aromatic carbocycles. The summed E-state index contributed by atoms with van der Waals surface area (Å²) in [6, 6.07) is 10.1. The van der Waals surface area contributed by atoms with Crippen molar-refractivity contribution in [3.63, 3.8) is 0 Å². The number of methoxy groups -OCH3 is 1. The summed E-state index contributed by atoms with van der Waals surface area (Å²) in [7, 11) is 1.19. The number of nitrogens with one attached hydrogen (secondary N) is 2. The number of hydrogen-bond acceptors (Lipinski definition) is 9. The Balaban J connectivity index is 1.97. The highest BCUT2D eigenvalue weighted by atomic mass is 19.1. The fraction of sp³-hybridized carbons (Fsp3) is 0.304. The average Bonchev–Trinajstić information content (AvgIpc) is 2.82. The second kappa shape index (κ2) is 9.38. The van der Waals surface area contributed by atoms with Crippen LogP contribution in [-0.4, -0.2) is 37.1 Å². The topological polar surface area (TPSA) is 147 Å². The molecule has 2 aliphatic rings. The van der Waals surface area contributed by atoms with Gasteiger partial charge in [-0.15, -0.1) is 0 Å². The number of nitrogens with zero attached hydrogens (tertiary/aromatic N) is 3. The van der Waals surface area contributed by atoms with Gasteiger partial charge in [-0.25, -0.2) is 14.2 Å². The third-order valence-electron chi connectivity index (χ3n) is 5.98. The maximum absolute atomic E-state index is 16.4. The van der Waals surface area contributed by atoms with E-state index in [1.165, 1.54) is 18.1 Å². The van der Waals surface area contributed by atoms with E-state index in [9.17, 15) is 9.59 Å². The molecule has 1 spiro atoms. The van der Waals surface area contributed by atoms with Crippen molar-refractivity contribution in [2.24, 2.45) is 21.5 Å². The van der Waals surface area contributed by atoms with Gasteiger partial charge in [-0.1, -0.05) is 24.6 Å². The monoisotopic (exact) mass is 467 g/mol. The summed E-state index contributed by atoms with van der Waals surface area (Å²) in [5, 5.41) is 5.45. The van der Waals surface area contributed by atoms with Crippen LogP contribution in [0.4, 0.5) is 27.1 Å². The fourth-order valence-electron chi connectivity index (χ4n) is 4.54. The van der Waals surface area contributed by atoms with Crippen LogP contribution in [0.5, 0.6) is 0 Å². The molecule has 1 fully saturated rings. The van der Waals surface area contributed by atoms with E-state index in [1.807, 2.05) is 6.07 Å². The van der Waals surface area contributed by atoms with Gasteiger partial charge in [0, 0.05) is 5.69 Å². The molecule has 1 amide bonds. The number of aliphatic imine (C=N–C) groups is 2. The molecule has 11 heteroatoms.